The Morgan fingerprint density at radius 2 is 2.23 bits per heavy atom. The van der Waals surface area contributed by atoms with Gasteiger partial charge in [-0.1, -0.05) is 11.6 Å². The zero-order valence-corrected chi connectivity index (χ0v) is 13.9. The van der Waals surface area contributed by atoms with Crippen molar-refractivity contribution in [1.29, 1.82) is 0 Å². The Morgan fingerprint density at radius 3 is 2.86 bits per heavy atom. The van der Waals surface area contributed by atoms with Crippen LogP contribution in [0, 0.1) is 0 Å². The van der Waals surface area contributed by atoms with E-state index in [0.717, 1.165) is 18.8 Å². The van der Waals surface area contributed by atoms with Gasteiger partial charge in [0.05, 0.1) is 12.2 Å². The summed E-state index contributed by atoms with van der Waals surface area (Å²) in [5, 5.41) is 12.9. The van der Waals surface area contributed by atoms with Crippen LogP contribution in [-0.2, 0) is 0 Å². The molecule has 5 nitrogen and oxygen atoms in total. The third kappa shape index (κ3) is 3.91. The Hall–Kier alpha value is -1.30. The van der Waals surface area contributed by atoms with Crippen LogP contribution in [0.2, 0.25) is 5.02 Å². The number of anilines is 1. The molecule has 1 aliphatic heterocycles. The molecule has 1 aromatic carbocycles. The number of rotatable bonds is 5. The molecule has 2 N–H and O–H groups in total. The van der Waals surface area contributed by atoms with Crippen LogP contribution in [0.5, 0.6) is 0 Å². The number of β-amino-alcohol motifs (C(OH)–C–C–N with tert-alkyl or cyclic N) is 1. The van der Waals surface area contributed by atoms with Gasteiger partial charge in [-0.2, -0.15) is 0 Å². The number of amides is 1. The van der Waals surface area contributed by atoms with Crippen molar-refractivity contribution in [2.24, 2.45) is 0 Å². The minimum absolute atomic E-state index is 0.00829. The fourth-order valence-electron chi connectivity index (χ4n) is 2.85. The van der Waals surface area contributed by atoms with Crippen molar-refractivity contribution in [2.45, 2.75) is 19.9 Å². The lowest BCUT2D eigenvalue weighted by molar-refractivity contribution is 0.0471. The number of halogens is 1. The Bertz CT molecular complexity index is 524. The second-order valence-corrected chi connectivity index (χ2v) is 6.02. The highest BCUT2D eigenvalue weighted by Crippen LogP contribution is 2.23. The largest absolute Gasteiger partial charge is 0.395 e. The summed E-state index contributed by atoms with van der Waals surface area (Å²) in [5.74, 6) is 0.00829. The van der Waals surface area contributed by atoms with E-state index in [9.17, 15) is 4.79 Å². The van der Waals surface area contributed by atoms with Gasteiger partial charge in [0, 0.05) is 49.5 Å². The third-order valence-corrected chi connectivity index (χ3v) is 4.25. The van der Waals surface area contributed by atoms with Gasteiger partial charge in [0.2, 0.25) is 0 Å². The zero-order valence-electron chi connectivity index (χ0n) is 13.2. The first-order chi connectivity index (χ1) is 10.6. The van der Waals surface area contributed by atoms with Crippen LogP contribution in [0.15, 0.2) is 18.2 Å². The number of hydrogen-bond acceptors (Lipinski definition) is 4. The fourth-order valence-corrected chi connectivity index (χ4v) is 3.02. The van der Waals surface area contributed by atoms with Crippen molar-refractivity contribution in [3.8, 4) is 0 Å². The van der Waals surface area contributed by atoms with E-state index >= 15 is 0 Å². The predicted octanol–water partition coefficient (Wildman–Crippen LogP) is 1.91. The topological polar surface area (TPSA) is 55.8 Å². The molecule has 122 valence electrons. The van der Waals surface area contributed by atoms with Gasteiger partial charge >= 0.3 is 0 Å². The van der Waals surface area contributed by atoms with E-state index in [2.05, 4.69) is 17.1 Å². The molecule has 2 rings (SSSR count). The number of nitrogens with one attached hydrogen (secondary N) is 1. The van der Waals surface area contributed by atoms with E-state index in [1.54, 1.807) is 12.1 Å². The lowest BCUT2D eigenvalue weighted by Gasteiger charge is -2.39. The minimum Gasteiger partial charge on any atom is -0.395 e. The maximum absolute atomic E-state index is 12.8. The Balaban J connectivity index is 2.13. The highest BCUT2D eigenvalue weighted by atomic mass is 35.5. The summed E-state index contributed by atoms with van der Waals surface area (Å²) in [6, 6.07) is 5.61. The first kappa shape index (κ1) is 17.1. The molecular weight excluding hydrogens is 302 g/mol. The van der Waals surface area contributed by atoms with Crippen LogP contribution in [0.4, 0.5) is 5.69 Å². The van der Waals surface area contributed by atoms with Crippen molar-refractivity contribution >= 4 is 23.2 Å². The number of nitrogens with zero attached hydrogens (tertiary/aromatic N) is 2. The van der Waals surface area contributed by atoms with E-state index in [0.29, 0.717) is 30.2 Å². The summed E-state index contributed by atoms with van der Waals surface area (Å²) >= 11 is 6.06. The molecule has 1 saturated heterocycles. The summed E-state index contributed by atoms with van der Waals surface area (Å²) in [4.78, 5) is 16.9. The molecule has 0 bridgehead atoms. The first-order valence-electron chi connectivity index (χ1n) is 7.74. The number of carbonyl (C=O) groups excluding carboxylic acids is 1. The second kappa shape index (κ2) is 7.81. The average molecular weight is 326 g/mol. The van der Waals surface area contributed by atoms with Crippen LogP contribution in [0.25, 0.3) is 0 Å². The summed E-state index contributed by atoms with van der Waals surface area (Å²) in [5.41, 5.74) is 1.44. The monoisotopic (exact) mass is 325 g/mol. The maximum Gasteiger partial charge on any atom is 0.256 e. The van der Waals surface area contributed by atoms with Gasteiger partial charge in [0.15, 0.2) is 0 Å². The van der Waals surface area contributed by atoms with Gasteiger partial charge < -0.3 is 15.3 Å². The van der Waals surface area contributed by atoms with Gasteiger partial charge in [-0.3, -0.25) is 9.69 Å². The summed E-state index contributed by atoms with van der Waals surface area (Å²) in [6.45, 7) is 7.75. The molecule has 1 fully saturated rings. The molecule has 1 aliphatic rings. The summed E-state index contributed by atoms with van der Waals surface area (Å²) in [7, 11) is 0. The molecule has 0 saturated carbocycles. The molecule has 0 radical (unpaired) electrons. The van der Waals surface area contributed by atoms with Crippen molar-refractivity contribution in [2.75, 3.05) is 44.6 Å². The molecule has 22 heavy (non-hydrogen) atoms. The van der Waals surface area contributed by atoms with Crippen molar-refractivity contribution < 1.29 is 9.90 Å². The SMILES string of the molecule is CCNc1ccc(Cl)cc1C(=O)N1CCN(CCO)[C@H](C)C1. The third-order valence-electron chi connectivity index (χ3n) is 4.02. The Labute approximate surface area is 136 Å². The minimum atomic E-state index is 0.00829. The van der Waals surface area contributed by atoms with E-state index in [-0.39, 0.29) is 18.6 Å². The van der Waals surface area contributed by atoms with Gasteiger partial charge in [0.25, 0.3) is 5.91 Å². The Morgan fingerprint density at radius 1 is 1.45 bits per heavy atom. The molecule has 1 aromatic rings. The number of carbonyl (C=O) groups is 1. The van der Waals surface area contributed by atoms with E-state index in [4.69, 9.17) is 16.7 Å². The van der Waals surface area contributed by atoms with Crippen LogP contribution in [-0.4, -0.2) is 66.2 Å². The van der Waals surface area contributed by atoms with E-state index < -0.39 is 0 Å². The van der Waals surface area contributed by atoms with Gasteiger partial charge in [0.1, 0.15) is 0 Å². The smallest absolute Gasteiger partial charge is 0.256 e. The van der Waals surface area contributed by atoms with Crippen LogP contribution in [0.1, 0.15) is 24.2 Å². The molecule has 1 heterocycles. The summed E-state index contributed by atoms with van der Waals surface area (Å²) < 4.78 is 0. The Kier molecular flexibility index (Phi) is 6.06. The van der Waals surface area contributed by atoms with Crippen molar-refractivity contribution in [1.82, 2.24) is 9.80 Å². The molecule has 1 atom stereocenters. The normalized spacial score (nSPS) is 19.3. The number of aliphatic hydroxyl groups excluding tert-OH is 1. The second-order valence-electron chi connectivity index (χ2n) is 5.58. The average Bonchev–Trinajstić information content (AvgIpc) is 2.51. The van der Waals surface area contributed by atoms with Crippen LogP contribution in [0.3, 0.4) is 0 Å². The lowest BCUT2D eigenvalue weighted by Crippen LogP contribution is -2.54. The van der Waals surface area contributed by atoms with Gasteiger partial charge in [-0.15, -0.1) is 0 Å². The predicted molar refractivity (Wildman–Crippen MR) is 89.6 cm³/mol. The standard InChI is InChI=1S/C16H24ClN3O2/c1-3-18-15-5-4-13(17)10-14(15)16(22)20-7-6-19(8-9-21)12(2)11-20/h4-5,10,12,18,21H,3,6-9,11H2,1-2H3/t12-/m1/s1. The zero-order chi connectivity index (χ0) is 16.1. The van der Waals surface area contributed by atoms with E-state index in [1.807, 2.05) is 17.9 Å². The maximum atomic E-state index is 12.8. The number of piperazine rings is 1. The summed E-state index contributed by atoms with van der Waals surface area (Å²) in [6.07, 6.45) is 0. The number of aliphatic hydroxyl groups is 1. The molecule has 6 heteroatoms. The van der Waals surface area contributed by atoms with Crippen molar-refractivity contribution in [3.05, 3.63) is 28.8 Å². The molecule has 0 aliphatic carbocycles. The van der Waals surface area contributed by atoms with Gasteiger partial charge in [-0.25, -0.2) is 0 Å². The van der Waals surface area contributed by atoms with E-state index in [1.165, 1.54) is 0 Å². The number of hydrogen-bond donors (Lipinski definition) is 2. The van der Waals surface area contributed by atoms with Crippen LogP contribution >= 0.6 is 11.6 Å². The molecule has 0 spiro atoms. The quantitative estimate of drug-likeness (QED) is 0.868. The van der Waals surface area contributed by atoms with Gasteiger partial charge in [-0.05, 0) is 32.0 Å². The highest BCUT2D eigenvalue weighted by Gasteiger charge is 2.28. The van der Waals surface area contributed by atoms with Crippen molar-refractivity contribution in [3.63, 3.8) is 0 Å². The number of benzene rings is 1. The molecule has 0 unspecified atom stereocenters. The first-order valence-corrected chi connectivity index (χ1v) is 8.12. The highest BCUT2D eigenvalue weighted by molar-refractivity contribution is 6.31. The molecule has 1 amide bonds. The lowest BCUT2D eigenvalue weighted by atomic mass is 10.1. The molecular formula is C16H24ClN3O2. The molecule has 0 aromatic heterocycles. The van der Waals surface area contributed by atoms with Crippen LogP contribution < -0.4 is 5.32 Å². The fraction of sp³-hybridized carbons (Fsp3) is 0.562.